The molecule has 0 spiro atoms. The second-order valence-electron chi connectivity index (χ2n) is 9.20. The van der Waals surface area contributed by atoms with Gasteiger partial charge in [-0.2, -0.15) is 0 Å². The van der Waals surface area contributed by atoms with Crippen LogP contribution in [0.25, 0.3) is 0 Å². The maximum absolute atomic E-state index is 7.11. The Bertz CT molecular complexity index is 769. The Hall–Kier alpha value is -1.64. The molecule has 156 valence electrons. The number of hydrogen-bond donors (Lipinski definition) is 1. The van der Waals surface area contributed by atoms with Gasteiger partial charge in [0.2, 0.25) is 0 Å². The Labute approximate surface area is 177 Å². The number of nitrogens with zero attached hydrogens (tertiary/aromatic N) is 1. The third-order valence-electron chi connectivity index (χ3n) is 7.30. The molecule has 2 aromatic rings. The number of hydrogen-bond acceptors (Lipinski definition) is 2. The molecule has 1 fully saturated rings. The molecular weight excluding hydrogens is 352 g/mol. The quantitative estimate of drug-likeness (QED) is 0.600. The van der Waals surface area contributed by atoms with Crippen LogP contribution < -0.4 is 5.73 Å². The predicted octanol–water partition coefficient (Wildman–Crippen LogP) is 5.86. The molecule has 0 saturated carbocycles. The van der Waals surface area contributed by atoms with Gasteiger partial charge in [0.1, 0.15) is 0 Å². The van der Waals surface area contributed by atoms with Gasteiger partial charge in [0.15, 0.2) is 0 Å². The zero-order valence-corrected chi connectivity index (χ0v) is 18.2. The van der Waals surface area contributed by atoms with E-state index < -0.39 is 0 Å². The van der Waals surface area contributed by atoms with Crippen molar-refractivity contribution in [1.29, 1.82) is 0 Å². The van der Waals surface area contributed by atoms with Gasteiger partial charge in [-0.1, -0.05) is 68.3 Å². The van der Waals surface area contributed by atoms with E-state index in [0.29, 0.717) is 11.8 Å². The van der Waals surface area contributed by atoms with Crippen LogP contribution in [0.5, 0.6) is 0 Å². The molecule has 1 heterocycles. The van der Waals surface area contributed by atoms with Crippen LogP contribution in [0.1, 0.15) is 79.7 Å². The van der Waals surface area contributed by atoms with Gasteiger partial charge < -0.3 is 10.6 Å². The van der Waals surface area contributed by atoms with Crippen molar-refractivity contribution in [2.75, 3.05) is 19.6 Å². The summed E-state index contributed by atoms with van der Waals surface area (Å²) in [6, 6.07) is 18.2. The van der Waals surface area contributed by atoms with Gasteiger partial charge in [0, 0.05) is 12.6 Å². The SMILES string of the molecule is CCCCCN1CC[C@H](c2ccccc2)[C@@H](C(N)c2cccc3c2CCCC3)C1. The van der Waals surface area contributed by atoms with Crippen LogP contribution in [0.15, 0.2) is 48.5 Å². The summed E-state index contributed by atoms with van der Waals surface area (Å²) >= 11 is 0. The highest BCUT2D eigenvalue weighted by Crippen LogP contribution is 2.41. The van der Waals surface area contributed by atoms with E-state index in [1.54, 1.807) is 11.1 Å². The maximum Gasteiger partial charge on any atom is 0.0344 e. The van der Waals surface area contributed by atoms with Crippen LogP contribution in [0.3, 0.4) is 0 Å². The van der Waals surface area contributed by atoms with Crippen molar-refractivity contribution in [3.05, 3.63) is 70.8 Å². The molecule has 4 rings (SSSR count). The van der Waals surface area contributed by atoms with Crippen molar-refractivity contribution in [2.24, 2.45) is 11.7 Å². The Kier molecular flexibility index (Phi) is 7.05. The number of likely N-dealkylation sites (tertiary alicyclic amines) is 1. The van der Waals surface area contributed by atoms with Gasteiger partial charge in [0.05, 0.1) is 0 Å². The number of nitrogens with two attached hydrogens (primary N) is 1. The summed E-state index contributed by atoms with van der Waals surface area (Å²) in [5.74, 6) is 1.05. The molecule has 29 heavy (non-hydrogen) atoms. The molecule has 0 amide bonds. The van der Waals surface area contributed by atoms with Crippen molar-refractivity contribution in [3.63, 3.8) is 0 Å². The molecule has 3 atom stereocenters. The summed E-state index contributed by atoms with van der Waals surface area (Å²) in [5.41, 5.74) is 13.1. The fourth-order valence-electron chi connectivity index (χ4n) is 5.67. The standard InChI is InChI=1S/C27H38N2/c1-2-3-9-18-29-19-17-24(21-11-5-4-6-12-21)26(20-29)27(28)25-16-10-14-22-13-7-8-15-23(22)25/h4-6,10-12,14,16,24,26-27H,2-3,7-9,13,15,17-20,28H2,1H3/t24-,26+,27?/m1/s1. The van der Waals surface area contributed by atoms with Crippen LogP contribution in [0, 0.1) is 5.92 Å². The van der Waals surface area contributed by atoms with E-state index >= 15 is 0 Å². The van der Waals surface area contributed by atoms with Crippen molar-refractivity contribution < 1.29 is 0 Å². The topological polar surface area (TPSA) is 29.3 Å². The molecule has 1 aliphatic heterocycles. The number of piperidine rings is 1. The molecule has 1 saturated heterocycles. The van der Waals surface area contributed by atoms with Gasteiger partial charge in [-0.25, -0.2) is 0 Å². The van der Waals surface area contributed by atoms with E-state index in [1.165, 1.54) is 75.6 Å². The Balaban J connectivity index is 1.60. The van der Waals surface area contributed by atoms with E-state index in [4.69, 9.17) is 5.73 Å². The van der Waals surface area contributed by atoms with Crippen LogP contribution in [0.2, 0.25) is 0 Å². The highest BCUT2D eigenvalue weighted by atomic mass is 15.1. The molecule has 1 aliphatic carbocycles. The summed E-state index contributed by atoms with van der Waals surface area (Å²) in [6.45, 7) is 5.86. The third kappa shape index (κ3) is 4.75. The van der Waals surface area contributed by atoms with Crippen LogP contribution in [-0.2, 0) is 12.8 Å². The number of unbranched alkanes of at least 4 members (excludes halogenated alkanes) is 2. The lowest BCUT2D eigenvalue weighted by Gasteiger charge is -2.42. The second kappa shape index (κ2) is 9.91. The molecule has 2 N–H and O–H groups in total. The predicted molar refractivity (Wildman–Crippen MR) is 123 cm³/mol. The summed E-state index contributed by atoms with van der Waals surface area (Å²) in [7, 11) is 0. The van der Waals surface area contributed by atoms with E-state index in [0.717, 1.165) is 6.54 Å². The summed E-state index contributed by atoms with van der Waals surface area (Å²) in [5, 5.41) is 0. The smallest absolute Gasteiger partial charge is 0.0344 e. The average Bonchev–Trinajstić information content (AvgIpc) is 2.79. The van der Waals surface area contributed by atoms with Crippen LogP contribution in [-0.4, -0.2) is 24.5 Å². The Morgan fingerprint density at radius 2 is 1.83 bits per heavy atom. The first-order valence-electron chi connectivity index (χ1n) is 11.9. The average molecular weight is 391 g/mol. The molecule has 2 aromatic carbocycles. The zero-order chi connectivity index (χ0) is 20.1. The van der Waals surface area contributed by atoms with E-state index in [1.807, 2.05) is 0 Å². The molecule has 2 nitrogen and oxygen atoms in total. The fraction of sp³-hybridized carbons (Fsp3) is 0.556. The minimum absolute atomic E-state index is 0.127. The molecular formula is C27H38N2. The second-order valence-corrected chi connectivity index (χ2v) is 9.20. The summed E-state index contributed by atoms with van der Waals surface area (Å²) in [6.07, 6.45) is 10.2. The van der Waals surface area contributed by atoms with Crippen molar-refractivity contribution >= 4 is 0 Å². The van der Waals surface area contributed by atoms with Crippen LogP contribution in [0.4, 0.5) is 0 Å². The Morgan fingerprint density at radius 3 is 2.66 bits per heavy atom. The lowest BCUT2D eigenvalue weighted by atomic mass is 9.73. The first kappa shape index (κ1) is 20.6. The highest BCUT2D eigenvalue weighted by molar-refractivity contribution is 5.40. The first-order valence-corrected chi connectivity index (χ1v) is 11.9. The van der Waals surface area contributed by atoms with Gasteiger partial charge in [-0.3, -0.25) is 0 Å². The number of aryl methyl sites for hydroxylation is 1. The van der Waals surface area contributed by atoms with Gasteiger partial charge in [-0.15, -0.1) is 0 Å². The van der Waals surface area contributed by atoms with Gasteiger partial charge in [-0.05, 0) is 85.7 Å². The molecule has 0 aromatic heterocycles. The Morgan fingerprint density at radius 1 is 1.00 bits per heavy atom. The summed E-state index contributed by atoms with van der Waals surface area (Å²) in [4.78, 5) is 2.69. The van der Waals surface area contributed by atoms with Crippen LogP contribution >= 0.6 is 0 Å². The van der Waals surface area contributed by atoms with Crippen molar-refractivity contribution in [2.45, 2.75) is 70.3 Å². The molecule has 2 aliphatic rings. The number of benzene rings is 2. The normalized spacial score (nSPS) is 23.5. The highest BCUT2D eigenvalue weighted by Gasteiger charge is 2.35. The van der Waals surface area contributed by atoms with E-state index in [2.05, 4.69) is 60.4 Å². The number of fused-ring (bicyclic) bond motifs is 1. The molecule has 1 unspecified atom stereocenters. The van der Waals surface area contributed by atoms with E-state index in [9.17, 15) is 0 Å². The maximum atomic E-state index is 7.11. The molecule has 0 radical (unpaired) electrons. The fourth-order valence-corrected chi connectivity index (χ4v) is 5.67. The zero-order valence-electron chi connectivity index (χ0n) is 18.2. The largest absolute Gasteiger partial charge is 0.324 e. The molecule has 2 heteroatoms. The minimum Gasteiger partial charge on any atom is -0.324 e. The first-order chi connectivity index (χ1) is 14.3. The van der Waals surface area contributed by atoms with Crippen molar-refractivity contribution in [1.82, 2.24) is 4.90 Å². The van der Waals surface area contributed by atoms with Gasteiger partial charge >= 0.3 is 0 Å². The lowest BCUT2D eigenvalue weighted by molar-refractivity contribution is 0.133. The molecule has 0 bridgehead atoms. The monoisotopic (exact) mass is 390 g/mol. The summed E-state index contributed by atoms with van der Waals surface area (Å²) < 4.78 is 0. The van der Waals surface area contributed by atoms with Crippen molar-refractivity contribution in [3.8, 4) is 0 Å². The van der Waals surface area contributed by atoms with Gasteiger partial charge in [0.25, 0.3) is 0 Å². The van der Waals surface area contributed by atoms with E-state index in [-0.39, 0.29) is 6.04 Å². The minimum atomic E-state index is 0.127. The lowest BCUT2D eigenvalue weighted by Crippen LogP contribution is -2.44. The third-order valence-corrected chi connectivity index (χ3v) is 7.30. The number of rotatable bonds is 7.